The van der Waals surface area contributed by atoms with Crippen molar-refractivity contribution in [2.24, 2.45) is 11.7 Å². The van der Waals surface area contributed by atoms with Gasteiger partial charge in [-0.05, 0) is 87.2 Å². The largest absolute Gasteiger partial charge is 0.493 e. The number of unbranched alkanes of at least 4 members (excludes halogenated alkanes) is 3. The van der Waals surface area contributed by atoms with Crippen LogP contribution in [-0.4, -0.2) is 49.1 Å². The molecule has 0 aromatic heterocycles. The van der Waals surface area contributed by atoms with Gasteiger partial charge in [0.2, 0.25) is 0 Å². The molecule has 36 heavy (non-hydrogen) atoms. The van der Waals surface area contributed by atoms with E-state index in [9.17, 15) is 9.59 Å². The van der Waals surface area contributed by atoms with Crippen LogP contribution in [0.15, 0.2) is 42.5 Å². The van der Waals surface area contributed by atoms with Gasteiger partial charge in [-0.25, -0.2) is 4.79 Å². The van der Waals surface area contributed by atoms with Gasteiger partial charge in [-0.1, -0.05) is 49.4 Å². The number of hydrogen-bond acceptors (Lipinski definition) is 5. The third-order valence-electron chi connectivity index (χ3n) is 6.61. The first-order chi connectivity index (χ1) is 17.4. The number of nitrogens with zero attached hydrogens (tertiary/aromatic N) is 1. The third-order valence-corrected chi connectivity index (χ3v) is 7.17. The summed E-state index contributed by atoms with van der Waals surface area (Å²) in [6.45, 7) is 5.35. The number of hydrogen-bond donors (Lipinski definition) is 1. The molecule has 2 N–H and O–H groups in total. The van der Waals surface area contributed by atoms with E-state index in [4.69, 9.17) is 38.4 Å². The number of piperidine rings is 1. The van der Waals surface area contributed by atoms with Crippen molar-refractivity contribution in [2.45, 2.75) is 58.0 Å². The first-order valence-electron chi connectivity index (χ1n) is 12.8. The van der Waals surface area contributed by atoms with Gasteiger partial charge in [-0.15, -0.1) is 0 Å². The van der Waals surface area contributed by atoms with Gasteiger partial charge < -0.3 is 15.2 Å². The molecule has 0 spiro atoms. The topological polar surface area (TPSA) is 81.9 Å². The molecule has 1 fully saturated rings. The lowest BCUT2D eigenvalue weighted by molar-refractivity contribution is 0.0537. The first kappa shape index (κ1) is 28.3. The summed E-state index contributed by atoms with van der Waals surface area (Å²) in [5.41, 5.74) is 6.25. The monoisotopic (exact) mass is 534 g/mol. The first-order valence-corrected chi connectivity index (χ1v) is 13.5. The molecule has 0 saturated carbocycles. The Bertz CT molecular complexity index is 992. The summed E-state index contributed by atoms with van der Waals surface area (Å²) < 4.78 is 11.4. The second-order valence-electron chi connectivity index (χ2n) is 9.44. The number of carbonyl (C=O) groups is 2. The molecule has 1 aliphatic heterocycles. The van der Waals surface area contributed by atoms with E-state index in [1.165, 1.54) is 12.8 Å². The summed E-state index contributed by atoms with van der Waals surface area (Å²) >= 11 is 12.3. The molecule has 0 unspecified atom stereocenters. The van der Waals surface area contributed by atoms with Crippen molar-refractivity contribution in [3.8, 4) is 5.75 Å². The lowest BCUT2D eigenvalue weighted by atomic mass is 9.97. The van der Waals surface area contributed by atoms with Crippen molar-refractivity contribution < 1.29 is 19.1 Å². The average molecular weight is 536 g/mol. The molecule has 6 nitrogen and oxygen atoms in total. The maximum Gasteiger partial charge on any atom is 0.404 e. The van der Waals surface area contributed by atoms with Crippen LogP contribution in [0.5, 0.6) is 5.75 Å². The Morgan fingerprint density at radius 2 is 1.78 bits per heavy atom. The Morgan fingerprint density at radius 3 is 2.42 bits per heavy atom. The molecule has 1 atom stereocenters. The number of likely N-dealkylation sites (tertiary alicyclic amines) is 1. The minimum absolute atomic E-state index is 0.150. The lowest BCUT2D eigenvalue weighted by Crippen LogP contribution is -2.41. The van der Waals surface area contributed by atoms with E-state index in [2.05, 4.69) is 11.8 Å². The molecule has 0 aliphatic carbocycles. The van der Waals surface area contributed by atoms with E-state index in [-0.39, 0.29) is 11.9 Å². The van der Waals surface area contributed by atoms with Crippen LogP contribution in [0.3, 0.4) is 0 Å². The zero-order chi connectivity index (χ0) is 25.9. The maximum atomic E-state index is 12.7. The summed E-state index contributed by atoms with van der Waals surface area (Å²) in [6, 6.07) is 11.9. The third kappa shape index (κ3) is 8.99. The number of rotatable bonds is 13. The highest BCUT2D eigenvalue weighted by atomic mass is 35.5. The van der Waals surface area contributed by atoms with Gasteiger partial charge in [-0.3, -0.25) is 9.69 Å². The highest BCUT2D eigenvalue weighted by Crippen LogP contribution is 2.27. The summed E-state index contributed by atoms with van der Waals surface area (Å²) in [6.07, 6.45) is 6.57. The molecule has 3 rings (SSSR count). The van der Waals surface area contributed by atoms with Crippen LogP contribution in [0.4, 0.5) is 4.79 Å². The van der Waals surface area contributed by atoms with Crippen molar-refractivity contribution in [3.63, 3.8) is 0 Å². The molecule has 196 valence electrons. The van der Waals surface area contributed by atoms with Crippen molar-refractivity contribution >= 4 is 35.1 Å². The fourth-order valence-electron chi connectivity index (χ4n) is 4.51. The van der Waals surface area contributed by atoms with E-state index in [0.29, 0.717) is 39.4 Å². The summed E-state index contributed by atoms with van der Waals surface area (Å²) in [7, 11) is 0. The Morgan fingerprint density at radius 1 is 1.06 bits per heavy atom. The fraction of sp³-hybridized carbons (Fsp3) is 0.500. The average Bonchev–Trinajstić information content (AvgIpc) is 2.86. The van der Waals surface area contributed by atoms with E-state index in [0.717, 1.165) is 51.7 Å². The maximum absolute atomic E-state index is 12.7. The van der Waals surface area contributed by atoms with Gasteiger partial charge >= 0.3 is 6.09 Å². The van der Waals surface area contributed by atoms with E-state index < -0.39 is 6.09 Å². The second-order valence-corrected chi connectivity index (χ2v) is 10.3. The number of primary amides is 1. The summed E-state index contributed by atoms with van der Waals surface area (Å²) in [4.78, 5) is 26.4. The zero-order valence-corrected chi connectivity index (χ0v) is 22.4. The van der Waals surface area contributed by atoms with Crippen LogP contribution in [0.25, 0.3) is 0 Å². The number of nitrogens with two attached hydrogens (primary N) is 1. The lowest BCUT2D eigenvalue weighted by Gasteiger charge is -2.33. The molecular weight excluding hydrogens is 499 g/mol. The minimum Gasteiger partial charge on any atom is -0.493 e. The van der Waals surface area contributed by atoms with Gasteiger partial charge in [0.15, 0.2) is 5.78 Å². The van der Waals surface area contributed by atoms with Crippen LogP contribution in [0.1, 0.15) is 67.8 Å². The van der Waals surface area contributed by atoms with Crippen molar-refractivity contribution in [1.29, 1.82) is 0 Å². The smallest absolute Gasteiger partial charge is 0.404 e. The van der Waals surface area contributed by atoms with Crippen LogP contribution < -0.4 is 10.5 Å². The van der Waals surface area contributed by atoms with E-state index in [1.54, 1.807) is 42.5 Å². The Kier molecular flexibility index (Phi) is 11.4. The fourth-order valence-corrected chi connectivity index (χ4v) is 4.90. The molecule has 1 heterocycles. The number of halogens is 2. The molecule has 0 bridgehead atoms. The Hall–Kier alpha value is -2.28. The molecular formula is C28H36Cl2N2O4. The van der Waals surface area contributed by atoms with Crippen LogP contribution >= 0.6 is 23.2 Å². The molecule has 1 aliphatic rings. The number of ether oxygens (including phenoxy) is 2. The van der Waals surface area contributed by atoms with Crippen LogP contribution in [0, 0.1) is 5.92 Å². The molecule has 8 heteroatoms. The molecule has 0 radical (unpaired) electrons. The SMILES string of the molecule is CCCCCC[C@H](CN1CCC(COc2ccc(C(=O)c3ccc(Cl)cc3)c(Cl)c2)CC1)OC(N)=O. The van der Waals surface area contributed by atoms with Gasteiger partial charge in [0, 0.05) is 22.7 Å². The molecule has 2 aromatic carbocycles. The quantitative estimate of drug-likeness (QED) is 0.227. The van der Waals surface area contributed by atoms with Gasteiger partial charge in [0.25, 0.3) is 0 Å². The predicted molar refractivity (Wildman–Crippen MR) is 144 cm³/mol. The van der Waals surface area contributed by atoms with Crippen LogP contribution in [0.2, 0.25) is 10.0 Å². The van der Waals surface area contributed by atoms with Crippen molar-refractivity contribution in [3.05, 3.63) is 63.6 Å². The van der Waals surface area contributed by atoms with E-state index in [1.807, 2.05) is 0 Å². The van der Waals surface area contributed by atoms with Gasteiger partial charge in [-0.2, -0.15) is 0 Å². The molecule has 1 amide bonds. The predicted octanol–water partition coefficient (Wildman–Crippen LogP) is 6.75. The number of benzene rings is 2. The normalized spacial score (nSPS) is 15.4. The zero-order valence-electron chi connectivity index (χ0n) is 20.9. The summed E-state index contributed by atoms with van der Waals surface area (Å²) in [5, 5.41) is 0.940. The Balaban J connectivity index is 1.44. The second kappa shape index (κ2) is 14.5. The number of ketones is 1. The van der Waals surface area contributed by atoms with Gasteiger partial charge in [0.05, 0.1) is 11.6 Å². The Labute approximate surface area is 224 Å². The molecule has 2 aromatic rings. The number of carbonyl (C=O) groups excluding carboxylic acids is 2. The highest BCUT2D eigenvalue weighted by Gasteiger charge is 2.24. The van der Waals surface area contributed by atoms with Crippen LogP contribution in [-0.2, 0) is 4.74 Å². The number of amides is 1. The minimum atomic E-state index is -0.696. The van der Waals surface area contributed by atoms with Crippen molar-refractivity contribution in [2.75, 3.05) is 26.2 Å². The van der Waals surface area contributed by atoms with E-state index >= 15 is 0 Å². The van der Waals surface area contributed by atoms with Crippen molar-refractivity contribution in [1.82, 2.24) is 4.90 Å². The highest BCUT2D eigenvalue weighted by molar-refractivity contribution is 6.35. The molecule has 1 saturated heterocycles. The standard InChI is InChI=1S/C28H36Cl2N2O4/c1-2-3-4-5-6-24(36-28(31)34)18-32-15-13-20(14-16-32)19-35-23-11-12-25(26(30)17-23)27(33)21-7-9-22(29)10-8-21/h7-12,17,20,24H,2-6,13-16,18-19H2,1H3,(H2,31,34)/t24-/m1/s1. The van der Waals surface area contributed by atoms with Gasteiger partial charge in [0.1, 0.15) is 11.9 Å². The summed E-state index contributed by atoms with van der Waals surface area (Å²) in [5.74, 6) is 0.923.